The molecule has 2 saturated heterocycles. The molecule has 0 N–H and O–H groups in total. The minimum Gasteiger partial charge on any atom is -0.381 e. The summed E-state index contributed by atoms with van der Waals surface area (Å²) in [4.78, 5) is 0. The maximum Gasteiger partial charge on any atom is 0.0513 e. The van der Waals surface area contributed by atoms with Gasteiger partial charge in [0.2, 0.25) is 0 Å². The molecule has 0 aromatic heterocycles. The zero-order valence-corrected chi connectivity index (χ0v) is 91.4. The molecule has 32 aliphatic rings. The van der Waals surface area contributed by atoms with E-state index in [0.29, 0.717) is 0 Å². The number of rotatable bonds is 0. The van der Waals surface area contributed by atoms with Gasteiger partial charge in [0.1, 0.15) is 0 Å². The predicted octanol–water partition coefficient (Wildman–Crippen LogP) is 39.0. The average molecular weight is 1820 g/mol. The van der Waals surface area contributed by atoms with Crippen molar-refractivity contribution in [2.75, 3.05) is 24.7 Å². The third-order valence-electron chi connectivity index (χ3n) is 45.7. The fourth-order valence-corrected chi connectivity index (χ4v) is 34.5. The molecule has 752 valence electrons. The first-order valence-electron chi connectivity index (χ1n) is 62.0. The van der Waals surface area contributed by atoms with Gasteiger partial charge < -0.3 is 4.74 Å². The smallest absolute Gasteiger partial charge is 0.0513 e. The van der Waals surface area contributed by atoms with E-state index in [1.54, 1.807) is 250 Å². The Balaban J connectivity index is 0.000000106. The molecule has 0 aromatic carbocycles. The van der Waals surface area contributed by atoms with E-state index in [9.17, 15) is 0 Å². The van der Waals surface area contributed by atoms with E-state index in [2.05, 4.69) is 125 Å². The van der Waals surface area contributed by atoms with E-state index < -0.39 is 0 Å². The van der Waals surface area contributed by atoms with Gasteiger partial charge in [-0.3, -0.25) is 0 Å². The molecular formula is C128H228OS. The molecular weight excluding hydrogens is 1590 g/mol. The molecule has 2 heterocycles. The molecule has 0 aromatic rings. The van der Waals surface area contributed by atoms with E-state index >= 15 is 0 Å². The van der Waals surface area contributed by atoms with Crippen molar-refractivity contribution in [2.24, 2.45) is 272 Å². The average Bonchev–Trinajstić information content (AvgIpc) is 1.58. The van der Waals surface area contributed by atoms with Crippen LogP contribution < -0.4 is 0 Å². The van der Waals surface area contributed by atoms with Crippen molar-refractivity contribution < 1.29 is 4.74 Å². The van der Waals surface area contributed by atoms with Crippen LogP contribution in [0.5, 0.6) is 0 Å². The molecule has 36 atom stereocenters. The summed E-state index contributed by atoms with van der Waals surface area (Å²) in [7, 11) is 0. The zero-order valence-electron chi connectivity index (χ0n) is 90.6. The van der Waals surface area contributed by atoms with Crippen LogP contribution in [0.1, 0.15) is 510 Å². The molecule has 1 nitrogen and oxygen atoms in total. The lowest BCUT2D eigenvalue weighted by Gasteiger charge is -2.46. The van der Waals surface area contributed by atoms with Crippen LogP contribution in [0.25, 0.3) is 0 Å². The Morgan fingerprint density at radius 1 is 0.138 bits per heavy atom. The molecule has 30 saturated carbocycles. The van der Waals surface area contributed by atoms with Gasteiger partial charge in [0.25, 0.3) is 0 Å². The van der Waals surface area contributed by atoms with E-state index in [1.165, 1.54) is 265 Å². The van der Waals surface area contributed by atoms with Crippen molar-refractivity contribution in [3.8, 4) is 0 Å². The summed E-state index contributed by atoms with van der Waals surface area (Å²) in [6.07, 6.45) is 92.2. The van der Waals surface area contributed by atoms with Crippen molar-refractivity contribution in [1.29, 1.82) is 0 Å². The molecule has 0 radical (unpaired) electrons. The molecule has 130 heavy (non-hydrogen) atoms. The highest BCUT2D eigenvalue weighted by Gasteiger charge is 2.54. The maximum atomic E-state index is 4.83. The van der Waals surface area contributed by atoms with Gasteiger partial charge in [0.05, 0.1) is 13.2 Å². The third kappa shape index (κ3) is 32.2. The summed E-state index contributed by atoms with van der Waals surface area (Å²) in [5.74, 6) is 54.8. The van der Waals surface area contributed by atoms with Crippen molar-refractivity contribution in [2.45, 2.75) is 510 Å². The first-order valence-corrected chi connectivity index (χ1v) is 63.1. The van der Waals surface area contributed by atoms with Gasteiger partial charge in [-0.2, -0.15) is 11.8 Å². The van der Waals surface area contributed by atoms with Crippen LogP contribution in [0.4, 0.5) is 0 Å². The van der Waals surface area contributed by atoms with E-state index in [-0.39, 0.29) is 0 Å². The van der Waals surface area contributed by atoms with Crippen LogP contribution >= 0.6 is 11.8 Å². The van der Waals surface area contributed by atoms with Gasteiger partial charge in [0.15, 0.2) is 0 Å². The van der Waals surface area contributed by atoms with Gasteiger partial charge in [-0.05, 0) is 496 Å². The highest BCUT2D eigenvalue weighted by atomic mass is 32.2. The fraction of sp³-hybridized carbons (Fsp3) is 1.00. The molecule has 32 fully saturated rings. The number of hydrogen-bond acceptors (Lipinski definition) is 2. The van der Waals surface area contributed by atoms with Gasteiger partial charge in [-0.1, -0.05) is 292 Å². The number of hydrogen-bond donors (Lipinski definition) is 0. The molecule has 2 aliphatic heterocycles. The van der Waals surface area contributed by atoms with Crippen molar-refractivity contribution >= 4 is 11.8 Å². The van der Waals surface area contributed by atoms with Crippen molar-refractivity contribution in [3.63, 3.8) is 0 Å². The van der Waals surface area contributed by atoms with E-state index in [4.69, 9.17) is 4.74 Å². The lowest BCUT2D eigenvalue weighted by atomic mass is 9.59. The summed E-state index contributed by atoms with van der Waals surface area (Å²) < 4.78 is 4.83. The molecule has 0 spiro atoms. The predicted molar refractivity (Wildman–Crippen MR) is 568 cm³/mol. The Kier molecular flexibility index (Phi) is 41.0. The normalized spacial score (nSPS) is 49.2. The summed E-state index contributed by atoms with van der Waals surface area (Å²) in [5.41, 5.74) is 0. The Morgan fingerprint density at radius 3 is 0.646 bits per heavy atom. The van der Waals surface area contributed by atoms with E-state index in [1.807, 2.05) is 11.8 Å². The highest BCUT2D eigenvalue weighted by Crippen LogP contribution is 2.63. The van der Waals surface area contributed by atoms with Crippen LogP contribution in [-0.4, -0.2) is 24.7 Å². The minimum atomic E-state index is 0.843. The van der Waals surface area contributed by atoms with Gasteiger partial charge in [0, 0.05) is 5.92 Å². The second-order valence-electron chi connectivity index (χ2n) is 56.8. The standard InChI is InChI=1S/2C10H18.2C9H16.5C8H14.3C7H12.2C6H10.C5H10.C4H8O.C4H8S.C4H8/c1-8-6-9-4-2-3-5-10(9)7-8;1-8-6-7-9-4-2-3-5-10(8)9;1-7-2-3-8-4-5-9(8)6-7;1-7-6-8-4-2-3-5-9(7)8;1-6-4-7-2-3-8(7)5-6;1-6-2-3-7-5-8(7)4-6;1-6-2-3-7-4-5-8(6)7;1-6-3-2-4-7-5-8(6)7;1-6-7-4-2-3-5-8(6)7;1-5-2-6-4-7(6)3-5;1-5-2-3-6-4-7(5)6;1-5-6-3-2-4-7(5)6;1-4-2-5-3-6(4)5;1-4-5-2-3-6(4)5;1-5-3-2-4-5;2*1-4-2-5-3-4;1-4-2-3-4/h2*8-10H,2-7H2,1H3;2*7-9H,2-6H2,1H3;5*6-8H,2-5H2,1H3;3*5-7H,2-4H2,1H3;2*4-6H,2-3H2,1H3;5H,2-4H2,1H3;2*4H,2-3H2,1H3;4H,2-3H2,1H3. The molecule has 0 amide bonds. The van der Waals surface area contributed by atoms with Crippen LogP contribution in [0, 0.1) is 272 Å². The Morgan fingerprint density at radius 2 is 0.385 bits per heavy atom. The lowest BCUT2D eigenvalue weighted by molar-refractivity contribution is -0.0221. The number of ether oxygens (including phenoxy) is 1. The van der Waals surface area contributed by atoms with Gasteiger partial charge in [-0.25, -0.2) is 0 Å². The summed E-state index contributed by atoms with van der Waals surface area (Å²) in [6.45, 7) is 44.7. The van der Waals surface area contributed by atoms with Crippen molar-refractivity contribution in [1.82, 2.24) is 0 Å². The number of thioether (sulfide) groups is 1. The van der Waals surface area contributed by atoms with Crippen molar-refractivity contribution in [3.05, 3.63) is 0 Å². The monoisotopic (exact) mass is 1810 g/mol. The second kappa shape index (κ2) is 51.0. The Labute approximate surface area is 817 Å². The first kappa shape index (κ1) is 105. The van der Waals surface area contributed by atoms with Crippen LogP contribution in [0.2, 0.25) is 0 Å². The van der Waals surface area contributed by atoms with E-state index in [0.717, 1.165) is 167 Å². The summed E-state index contributed by atoms with van der Waals surface area (Å²) in [5, 5.41) is 0. The van der Waals surface area contributed by atoms with Crippen LogP contribution in [-0.2, 0) is 4.74 Å². The molecule has 32 rings (SSSR count). The number of fused-ring (bicyclic) bond motifs is 14. The molecule has 2 heteroatoms. The zero-order chi connectivity index (χ0) is 91.2. The topological polar surface area (TPSA) is 9.23 Å². The Bertz CT molecular complexity index is 2990. The quantitative estimate of drug-likeness (QED) is 0.239. The summed E-state index contributed by atoms with van der Waals surface area (Å²) in [6, 6.07) is 0. The third-order valence-corrected chi connectivity index (χ3v) is 47.3. The summed E-state index contributed by atoms with van der Waals surface area (Å²) >= 11 is 2.05. The Hall–Kier alpha value is 0.310. The SMILES string of the molecule is CC1C2CCC12.CC1C2CCCC12.CC1C2CCCCC12.CC1CC1.CC1CC2CC12.CC1CC2CC2C1.CC1CC2CCC2C1.CC1CC2CCCCC12.CC1CC2CCCCC2C1.CC1CCC1.CC1CCC2CC12.CC1CCC2CC2C1.CC1CCC2CCC12.CC1CCC2CCC2C1.CC1CCC2CCCCC12.CC1CCCC2CC12.CC1COC1.CC1CSC1. The van der Waals surface area contributed by atoms with Gasteiger partial charge >= 0.3 is 0 Å². The first-order chi connectivity index (χ1) is 62.8. The molecule has 30 aliphatic carbocycles. The van der Waals surface area contributed by atoms with Crippen LogP contribution in [0.3, 0.4) is 0 Å². The molecule has 36 unspecified atom stereocenters. The fourth-order valence-electron chi connectivity index (χ4n) is 33.8. The second-order valence-corrected chi connectivity index (χ2v) is 57.9. The minimum absolute atomic E-state index is 0.843. The van der Waals surface area contributed by atoms with Crippen LogP contribution in [0.15, 0.2) is 0 Å². The highest BCUT2D eigenvalue weighted by molar-refractivity contribution is 8.00. The molecule has 0 bridgehead atoms. The lowest BCUT2D eigenvalue weighted by Crippen LogP contribution is -2.36. The van der Waals surface area contributed by atoms with Gasteiger partial charge in [-0.15, -0.1) is 0 Å². The maximum absolute atomic E-state index is 4.83. The largest absolute Gasteiger partial charge is 0.381 e.